The van der Waals surface area contributed by atoms with Crippen LogP contribution >= 0.6 is 11.3 Å². The van der Waals surface area contributed by atoms with Gasteiger partial charge in [-0.3, -0.25) is 0 Å². The summed E-state index contributed by atoms with van der Waals surface area (Å²) in [6.07, 6.45) is 1.01. The zero-order valence-electron chi connectivity index (χ0n) is 10.9. The minimum Gasteiger partial charge on any atom is -0.373 e. The van der Waals surface area contributed by atoms with Gasteiger partial charge in [0.2, 0.25) is 0 Å². The summed E-state index contributed by atoms with van der Waals surface area (Å²) in [6.45, 7) is 4.82. The summed E-state index contributed by atoms with van der Waals surface area (Å²) in [5.41, 5.74) is 2.43. The Kier molecular flexibility index (Phi) is 4.15. The minimum absolute atomic E-state index is 0.781. The van der Waals surface area contributed by atoms with E-state index in [-0.39, 0.29) is 0 Å². The predicted molar refractivity (Wildman–Crippen MR) is 77.6 cm³/mol. The lowest BCUT2D eigenvalue weighted by molar-refractivity contribution is 0.974. The Morgan fingerprint density at radius 2 is 2.00 bits per heavy atom. The minimum atomic E-state index is 0.781. The molecular formula is C13H18N4S. The van der Waals surface area contributed by atoms with E-state index in [9.17, 15) is 0 Å². The molecule has 5 heteroatoms. The van der Waals surface area contributed by atoms with E-state index in [4.69, 9.17) is 0 Å². The van der Waals surface area contributed by atoms with Crippen molar-refractivity contribution in [3.05, 3.63) is 33.8 Å². The number of rotatable bonds is 5. The van der Waals surface area contributed by atoms with Gasteiger partial charge in [-0.1, -0.05) is 0 Å². The summed E-state index contributed by atoms with van der Waals surface area (Å²) in [7, 11) is 1.88. The first-order chi connectivity index (χ1) is 8.70. The quantitative estimate of drug-likeness (QED) is 0.870. The highest BCUT2D eigenvalue weighted by Crippen LogP contribution is 2.19. The van der Waals surface area contributed by atoms with Gasteiger partial charge in [-0.15, -0.1) is 0 Å². The largest absolute Gasteiger partial charge is 0.373 e. The van der Waals surface area contributed by atoms with Gasteiger partial charge in [0.05, 0.1) is 0 Å². The third kappa shape index (κ3) is 2.98. The molecule has 0 radical (unpaired) electrons. The zero-order valence-corrected chi connectivity index (χ0v) is 11.8. The lowest BCUT2D eigenvalue weighted by atomic mass is 10.2. The normalized spacial score (nSPS) is 10.4. The highest BCUT2D eigenvalue weighted by atomic mass is 32.1. The molecule has 2 aromatic heterocycles. The third-order valence-electron chi connectivity index (χ3n) is 2.78. The van der Waals surface area contributed by atoms with E-state index in [1.54, 1.807) is 11.3 Å². The molecule has 0 aliphatic rings. The van der Waals surface area contributed by atoms with E-state index in [1.165, 1.54) is 5.56 Å². The van der Waals surface area contributed by atoms with Gasteiger partial charge < -0.3 is 10.6 Å². The molecule has 0 unspecified atom stereocenters. The molecule has 2 N–H and O–H groups in total. The zero-order chi connectivity index (χ0) is 13.0. The molecule has 0 saturated heterocycles. The average molecular weight is 262 g/mol. The molecule has 0 aliphatic carbocycles. The van der Waals surface area contributed by atoms with E-state index in [1.807, 2.05) is 20.9 Å². The first-order valence-electron chi connectivity index (χ1n) is 5.98. The van der Waals surface area contributed by atoms with E-state index in [2.05, 4.69) is 37.4 Å². The molecule has 2 heterocycles. The van der Waals surface area contributed by atoms with Crippen LogP contribution in [0.4, 0.5) is 11.6 Å². The number of hydrogen-bond acceptors (Lipinski definition) is 5. The predicted octanol–water partition coefficient (Wildman–Crippen LogP) is 2.85. The van der Waals surface area contributed by atoms with Gasteiger partial charge in [-0.25, -0.2) is 9.97 Å². The monoisotopic (exact) mass is 262 g/mol. The second-order valence-corrected chi connectivity index (χ2v) is 4.93. The number of nitrogens with zero attached hydrogens (tertiary/aromatic N) is 2. The number of aryl methyl sites for hydroxylation is 1. The average Bonchev–Trinajstić information content (AvgIpc) is 2.86. The Morgan fingerprint density at radius 3 is 2.67 bits per heavy atom. The lowest BCUT2D eigenvalue weighted by Gasteiger charge is -2.12. The van der Waals surface area contributed by atoms with Crippen LogP contribution in [-0.4, -0.2) is 23.6 Å². The van der Waals surface area contributed by atoms with Crippen molar-refractivity contribution in [1.29, 1.82) is 0 Å². The van der Waals surface area contributed by atoms with Crippen LogP contribution in [0, 0.1) is 13.8 Å². The Bertz CT molecular complexity index is 508. The van der Waals surface area contributed by atoms with E-state index in [0.717, 1.165) is 36.0 Å². The van der Waals surface area contributed by atoms with Gasteiger partial charge in [0.1, 0.15) is 17.5 Å². The molecule has 0 saturated carbocycles. The van der Waals surface area contributed by atoms with Crippen molar-refractivity contribution in [1.82, 2.24) is 9.97 Å². The first-order valence-corrected chi connectivity index (χ1v) is 6.93. The summed E-state index contributed by atoms with van der Waals surface area (Å²) in [5.74, 6) is 2.59. The van der Waals surface area contributed by atoms with Crippen LogP contribution in [0.25, 0.3) is 0 Å². The van der Waals surface area contributed by atoms with Crippen molar-refractivity contribution >= 4 is 23.0 Å². The molecule has 96 valence electrons. The highest BCUT2D eigenvalue weighted by Gasteiger charge is 2.07. The summed E-state index contributed by atoms with van der Waals surface area (Å²) < 4.78 is 0. The standard InChI is InChI=1S/C13H18N4S/c1-9-12(14-3)16-10(2)17-13(9)15-6-4-11-5-7-18-8-11/h5,7-8H,4,6H2,1-3H3,(H2,14,15,16,17). The summed E-state index contributed by atoms with van der Waals surface area (Å²) in [6, 6.07) is 2.16. The van der Waals surface area contributed by atoms with Gasteiger partial charge in [0.15, 0.2) is 0 Å². The van der Waals surface area contributed by atoms with Gasteiger partial charge in [0, 0.05) is 19.2 Å². The van der Waals surface area contributed by atoms with Gasteiger partial charge in [-0.2, -0.15) is 11.3 Å². The molecule has 0 aliphatic heterocycles. The molecule has 0 atom stereocenters. The number of nitrogens with one attached hydrogen (secondary N) is 2. The van der Waals surface area contributed by atoms with Crippen LogP contribution in [0.5, 0.6) is 0 Å². The Labute approximate surface area is 111 Å². The summed E-state index contributed by atoms with van der Waals surface area (Å²) >= 11 is 1.73. The van der Waals surface area contributed by atoms with Crippen molar-refractivity contribution in [3.8, 4) is 0 Å². The van der Waals surface area contributed by atoms with Crippen molar-refractivity contribution in [2.75, 3.05) is 24.2 Å². The summed E-state index contributed by atoms with van der Waals surface area (Å²) in [4.78, 5) is 8.79. The Morgan fingerprint density at radius 1 is 1.22 bits per heavy atom. The van der Waals surface area contributed by atoms with Crippen molar-refractivity contribution in [2.24, 2.45) is 0 Å². The molecular weight excluding hydrogens is 244 g/mol. The van der Waals surface area contributed by atoms with Crippen molar-refractivity contribution < 1.29 is 0 Å². The van der Waals surface area contributed by atoms with Crippen LogP contribution < -0.4 is 10.6 Å². The van der Waals surface area contributed by atoms with Crippen LogP contribution in [0.1, 0.15) is 17.0 Å². The molecule has 0 bridgehead atoms. The van der Waals surface area contributed by atoms with Crippen molar-refractivity contribution in [3.63, 3.8) is 0 Å². The number of anilines is 2. The molecule has 2 rings (SSSR count). The van der Waals surface area contributed by atoms with Crippen LogP contribution in [0.2, 0.25) is 0 Å². The van der Waals surface area contributed by atoms with Crippen LogP contribution in [0.15, 0.2) is 16.8 Å². The number of aromatic nitrogens is 2. The van der Waals surface area contributed by atoms with Gasteiger partial charge >= 0.3 is 0 Å². The van der Waals surface area contributed by atoms with E-state index < -0.39 is 0 Å². The van der Waals surface area contributed by atoms with E-state index in [0.29, 0.717) is 0 Å². The summed E-state index contributed by atoms with van der Waals surface area (Å²) in [5, 5.41) is 10.8. The maximum atomic E-state index is 4.44. The maximum absolute atomic E-state index is 4.44. The topological polar surface area (TPSA) is 49.8 Å². The molecule has 0 spiro atoms. The molecule has 18 heavy (non-hydrogen) atoms. The molecule has 2 aromatic rings. The second kappa shape index (κ2) is 5.82. The van der Waals surface area contributed by atoms with Crippen LogP contribution in [-0.2, 0) is 6.42 Å². The Balaban J connectivity index is 2.02. The molecule has 4 nitrogen and oxygen atoms in total. The number of hydrogen-bond donors (Lipinski definition) is 2. The van der Waals surface area contributed by atoms with E-state index >= 15 is 0 Å². The number of thiophene rings is 1. The smallest absolute Gasteiger partial charge is 0.134 e. The van der Waals surface area contributed by atoms with Crippen LogP contribution in [0.3, 0.4) is 0 Å². The fourth-order valence-corrected chi connectivity index (χ4v) is 2.51. The SMILES string of the molecule is CNc1nc(C)nc(NCCc2ccsc2)c1C. The molecule has 0 fully saturated rings. The Hall–Kier alpha value is -1.62. The maximum Gasteiger partial charge on any atom is 0.134 e. The fourth-order valence-electron chi connectivity index (χ4n) is 1.80. The lowest BCUT2D eigenvalue weighted by Crippen LogP contribution is -2.10. The second-order valence-electron chi connectivity index (χ2n) is 4.15. The fraction of sp³-hybridized carbons (Fsp3) is 0.385. The highest BCUT2D eigenvalue weighted by molar-refractivity contribution is 7.07. The van der Waals surface area contributed by atoms with Gasteiger partial charge in [0.25, 0.3) is 0 Å². The van der Waals surface area contributed by atoms with Crippen molar-refractivity contribution in [2.45, 2.75) is 20.3 Å². The third-order valence-corrected chi connectivity index (χ3v) is 3.51. The molecule has 0 aromatic carbocycles. The molecule has 0 amide bonds. The first kappa shape index (κ1) is 12.8. The van der Waals surface area contributed by atoms with Gasteiger partial charge in [-0.05, 0) is 42.7 Å².